The first-order valence-electron chi connectivity index (χ1n) is 8.81. The fourth-order valence-corrected chi connectivity index (χ4v) is 3.47. The summed E-state index contributed by atoms with van der Waals surface area (Å²) in [7, 11) is 1.59. The third-order valence-corrected chi connectivity index (χ3v) is 4.98. The molecular formula is C20H18N6O2S. The Balaban J connectivity index is 1.53. The fourth-order valence-electron chi connectivity index (χ4n) is 2.73. The van der Waals surface area contributed by atoms with Gasteiger partial charge in [0.1, 0.15) is 5.75 Å². The highest BCUT2D eigenvalue weighted by Gasteiger charge is 2.17. The molecule has 0 aliphatic rings. The van der Waals surface area contributed by atoms with E-state index in [1.807, 2.05) is 64.2 Å². The molecule has 8 nitrogen and oxygen atoms in total. The quantitative estimate of drug-likeness (QED) is 0.474. The van der Waals surface area contributed by atoms with E-state index in [-0.39, 0.29) is 11.7 Å². The minimum atomic E-state index is -0.143. The number of hydrogen-bond acceptors (Lipinski definition) is 6. The molecule has 0 saturated carbocycles. The van der Waals surface area contributed by atoms with Crippen LogP contribution in [0.25, 0.3) is 11.4 Å². The molecule has 3 heterocycles. The number of methoxy groups -OCH3 is 1. The second-order valence-electron chi connectivity index (χ2n) is 5.99. The highest BCUT2D eigenvalue weighted by atomic mass is 32.2. The van der Waals surface area contributed by atoms with Gasteiger partial charge in [-0.05, 0) is 36.4 Å². The van der Waals surface area contributed by atoms with Crippen molar-refractivity contribution in [3.05, 3.63) is 73.3 Å². The minimum absolute atomic E-state index is 0.143. The Kier molecular flexibility index (Phi) is 5.57. The van der Waals surface area contributed by atoms with Crippen LogP contribution in [0.4, 0.5) is 5.69 Å². The van der Waals surface area contributed by atoms with Crippen molar-refractivity contribution in [3.63, 3.8) is 0 Å². The highest BCUT2D eigenvalue weighted by Crippen LogP contribution is 2.24. The van der Waals surface area contributed by atoms with Crippen molar-refractivity contribution in [1.29, 1.82) is 0 Å². The lowest BCUT2D eigenvalue weighted by Gasteiger charge is -2.11. The number of aromatic nitrogens is 5. The second-order valence-corrected chi connectivity index (χ2v) is 6.93. The van der Waals surface area contributed by atoms with Crippen LogP contribution in [0.5, 0.6) is 5.75 Å². The van der Waals surface area contributed by atoms with Gasteiger partial charge in [0.25, 0.3) is 0 Å². The van der Waals surface area contributed by atoms with Gasteiger partial charge in [-0.2, -0.15) is 0 Å². The van der Waals surface area contributed by atoms with Crippen LogP contribution in [-0.2, 0) is 4.79 Å². The maximum Gasteiger partial charge on any atom is 0.234 e. The minimum Gasteiger partial charge on any atom is -0.497 e. The number of thioether (sulfide) groups is 1. The number of carbonyl (C=O) groups is 1. The van der Waals surface area contributed by atoms with Gasteiger partial charge in [-0.3, -0.25) is 14.5 Å². The standard InChI is InChI=1S/C20H18N6O2S/c1-28-17-6-4-5-16(13-17)22-18(27)14-29-20-24-23-19(15-7-9-21-10-8-15)26(20)25-11-2-3-12-25/h2-13H,14H2,1H3,(H,22,27). The van der Waals surface area contributed by atoms with Gasteiger partial charge >= 0.3 is 0 Å². The first-order valence-corrected chi connectivity index (χ1v) is 9.79. The van der Waals surface area contributed by atoms with Crippen molar-refractivity contribution in [3.8, 4) is 17.1 Å². The molecule has 0 aliphatic carbocycles. The van der Waals surface area contributed by atoms with E-state index in [2.05, 4.69) is 20.5 Å². The van der Waals surface area contributed by atoms with Gasteiger partial charge in [-0.1, -0.05) is 17.8 Å². The van der Waals surface area contributed by atoms with Crippen molar-refractivity contribution < 1.29 is 9.53 Å². The van der Waals surface area contributed by atoms with Crippen LogP contribution in [0.3, 0.4) is 0 Å². The third kappa shape index (κ3) is 4.30. The number of pyridine rings is 1. The monoisotopic (exact) mass is 406 g/mol. The molecule has 29 heavy (non-hydrogen) atoms. The maximum absolute atomic E-state index is 12.4. The number of nitrogens with zero attached hydrogens (tertiary/aromatic N) is 5. The Morgan fingerprint density at radius 1 is 1.10 bits per heavy atom. The Morgan fingerprint density at radius 2 is 1.90 bits per heavy atom. The normalized spacial score (nSPS) is 10.7. The van der Waals surface area contributed by atoms with Crippen molar-refractivity contribution in [2.24, 2.45) is 0 Å². The van der Waals surface area contributed by atoms with Crippen molar-refractivity contribution in [2.75, 3.05) is 18.2 Å². The third-order valence-electron chi connectivity index (χ3n) is 4.06. The molecule has 0 radical (unpaired) electrons. The zero-order chi connectivity index (χ0) is 20.1. The van der Waals surface area contributed by atoms with Crippen LogP contribution in [0, 0.1) is 0 Å². The van der Waals surface area contributed by atoms with Crippen molar-refractivity contribution >= 4 is 23.4 Å². The Morgan fingerprint density at radius 3 is 2.66 bits per heavy atom. The van der Waals surface area contributed by atoms with Crippen LogP contribution in [0.2, 0.25) is 0 Å². The average molecular weight is 406 g/mol. The van der Waals surface area contributed by atoms with E-state index in [0.29, 0.717) is 22.4 Å². The van der Waals surface area contributed by atoms with Crippen molar-refractivity contribution in [1.82, 2.24) is 24.5 Å². The van der Waals surface area contributed by atoms with E-state index in [0.717, 1.165) is 5.56 Å². The number of benzene rings is 1. The van der Waals surface area contributed by atoms with Gasteiger partial charge < -0.3 is 10.1 Å². The van der Waals surface area contributed by atoms with Gasteiger partial charge in [0, 0.05) is 42.1 Å². The molecule has 0 spiro atoms. The number of carbonyl (C=O) groups excluding carboxylic acids is 1. The summed E-state index contributed by atoms with van der Waals surface area (Å²) in [4.78, 5) is 16.5. The summed E-state index contributed by atoms with van der Waals surface area (Å²) in [5, 5.41) is 12.1. The van der Waals surface area contributed by atoms with Crippen LogP contribution >= 0.6 is 11.8 Å². The zero-order valence-electron chi connectivity index (χ0n) is 15.6. The Bertz CT molecular complexity index is 1100. The summed E-state index contributed by atoms with van der Waals surface area (Å²) < 4.78 is 8.92. The summed E-state index contributed by atoms with van der Waals surface area (Å²) in [6, 6.07) is 14.8. The molecule has 0 atom stereocenters. The summed E-state index contributed by atoms with van der Waals surface area (Å²) in [5.41, 5.74) is 1.56. The smallest absolute Gasteiger partial charge is 0.234 e. The van der Waals surface area contributed by atoms with Gasteiger partial charge in [-0.15, -0.1) is 10.2 Å². The van der Waals surface area contributed by atoms with Crippen LogP contribution < -0.4 is 10.1 Å². The first-order chi connectivity index (χ1) is 14.2. The molecule has 0 unspecified atom stereocenters. The fraction of sp³-hybridized carbons (Fsp3) is 0.100. The second kappa shape index (κ2) is 8.61. The van der Waals surface area contributed by atoms with E-state index in [4.69, 9.17) is 4.74 Å². The lowest BCUT2D eigenvalue weighted by molar-refractivity contribution is -0.113. The summed E-state index contributed by atoms with van der Waals surface area (Å²) in [5.74, 6) is 1.40. The van der Waals surface area contributed by atoms with E-state index in [1.165, 1.54) is 11.8 Å². The molecule has 0 fully saturated rings. The van der Waals surface area contributed by atoms with E-state index in [9.17, 15) is 4.79 Å². The lowest BCUT2D eigenvalue weighted by atomic mass is 10.2. The highest BCUT2D eigenvalue weighted by molar-refractivity contribution is 7.99. The predicted octanol–water partition coefficient (Wildman–Crippen LogP) is 3.19. The number of hydrogen-bond donors (Lipinski definition) is 1. The molecule has 1 amide bonds. The number of anilines is 1. The molecule has 0 aliphatic heterocycles. The molecular weight excluding hydrogens is 388 g/mol. The van der Waals surface area contributed by atoms with Crippen LogP contribution in [0.15, 0.2) is 78.5 Å². The molecule has 146 valence electrons. The van der Waals surface area contributed by atoms with Gasteiger partial charge in [-0.25, -0.2) is 4.68 Å². The Hall–Kier alpha value is -3.59. The van der Waals surface area contributed by atoms with Crippen LogP contribution in [-0.4, -0.2) is 43.3 Å². The van der Waals surface area contributed by atoms with Crippen LogP contribution in [0.1, 0.15) is 0 Å². The molecule has 1 aromatic carbocycles. The van der Waals surface area contributed by atoms with E-state index >= 15 is 0 Å². The Labute approximate surface area is 171 Å². The van der Waals surface area contributed by atoms with Gasteiger partial charge in [0.05, 0.1) is 12.9 Å². The molecule has 4 aromatic rings. The van der Waals surface area contributed by atoms with Gasteiger partial charge in [0.2, 0.25) is 11.1 Å². The average Bonchev–Trinajstić information content (AvgIpc) is 3.42. The summed E-state index contributed by atoms with van der Waals surface area (Å²) in [6.07, 6.45) is 7.21. The summed E-state index contributed by atoms with van der Waals surface area (Å²) in [6.45, 7) is 0. The first kappa shape index (κ1) is 18.8. The SMILES string of the molecule is COc1cccc(NC(=O)CSc2nnc(-c3ccncc3)n2-n2cccc2)c1. The largest absolute Gasteiger partial charge is 0.497 e. The summed E-state index contributed by atoms with van der Waals surface area (Å²) >= 11 is 1.31. The molecule has 4 rings (SSSR count). The van der Waals surface area contributed by atoms with E-state index in [1.54, 1.807) is 25.6 Å². The molecule has 3 aromatic heterocycles. The predicted molar refractivity (Wildman–Crippen MR) is 111 cm³/mol. The number of amides is 1. The molecule has 1 N–H and O–H groups in total. The van der Waals surface area contributed by atoms with Gasteiger partial charge in [0.15, 0.2) is 5.82 Å². The molecule has 9 heteroatoms. The number of ether oxygens (including phenoxy) is 1. The molecule has 0 saturated heterocycles. The zero-order valence-corrected chi connectivity index (χ0v) is 16.4. The molecule has 0 bridgehead atoms. The van der Waals surface area contributed by atoms with Crippen molar-refractivity contribution in [2.45, 2.75) is 5.16 Å². The number of rotatable bonds is 7. The maximum atomic E-state index is 12.4. The topological polar surface area (TPSA) is 86.9 Å². The van der Waals surface area contributed by atoms with E-state index < -0.39 is 0 Å². The lowest BCUT2D eigenvalue weighted by Crippen LogP contribution is -2.15. The number of nitrogens with one attached hydrogen (secondary N) is 1.